The van der Waals surface area contributed by atoms with E-state index in [1.807, 2.05) is 19.2 Å². The number of pyridine rings is 1. The summed E-state index contributed by atoms with van der Waals surface area (Å²) >= 11 is 0. The van der Waals surface area contributed by atoms with Crippen molar-refractivity contribution in [3.63, 3.8) is 0 Å². The molecule has 0 amide bonds. The summed E-state index contributed by atoms with van der Waals surface area (Å²) in [6, 6.07) is 4.26. The standard InChI is InChI=1S/C14H23N3O/c1-10(15)7-13-5-4-6-16-14(13)17-8-11(2)18-12(3)9-17/h4-6,10-12H,7-9,15H2,1-3H3/t10?,11-,12+. The molecule has 1 unspecified atom stereocenters. The topological polar surface area (TPSA) is 51.4 Å². The Bertz CT molecular complexity index is 384. The fourth-order valence-corrected chi connectivity index (χ4v) is 2.57. The number of ether oxygens (including phenoxy) is 1. The van der Waals surface area contributed by atoms with Crippen molar-refractivity contribution in [3.05, 3.63) is 23.9 Å². The Morgan fingerprint density at radius 2 is 2.11 bits per heavy atom. The van der Waals surface area contributed by atoms with E-state index in [-0.39, 0.29) is 18.2 Å². The zero-order valence-electron chi connectivity index (χ0n) is 11.5. The molecule has 4 nitrogen and oxygen atoms in total. The zero-order chi connectivity index (χ0) is 13.1. The number of nitrogens with two attached hydrogens (primary N) is 1. The van der Waals surface area contributed by atoms with Gasteiger partial charge in [-0.1, -0.05) is 6.07 Å². The van der Waals surface area contributed by atoms with Gasteiger partial charge in [-0.25, -0.2) is 4.98 Å². The van der Waals surface area contributed by atoms with Crippen molar-refractivity contribution in [1.29, 1.82) is 0 Å². The molecular weight excluding hydrogens is 226 g/mol. The van der Waals surface area contributed by atoms with Crippen molar-refractivity contribution >= 4 is 5.82 Å². The number of aromatic nitrogens is 1. The molecule has 0 saturated carbocycles. The van der Waals surface area contributed by atoms with Crippen molar-refractivity contribution in [2.24, 2.45) is 5.73 Å². The van der Waals surface area contributed by atoms with Gasteiger partial charge in [0.25, 0.3) is 0 Å². The second-order valence-corrected chi connectivity index (χ2v) is 5.33. The Morgan fingerprint density at radius 1 is 1.44 bits per heavy atom. The molecule has 2 N–H and O–H groups in total. The van der Waals surface area contributed by atoms with Gasteiger partial charge in [0, 0.05) is 25.3 Å². The van der Waals surface area contributed by atoms with Gasteiger partial charge in [-0.3, -0.25) is 0 Å². The molecule has 2 heterocycles. The summed E-state index contributed by atoms with van der Waals surface area (Å²) in [6.07, 6.45) is 3.21. The van der Waals surface area contributed by atoms with Crippen LogP contribution in [-0.2, 0) is 11.2 Å². The first-order valence-electron chi connectivity index (χ1n) is 6.66. The van der Waals surface area contributed by atoms with Gasteiger partial charge in [-0.2, -0.15) is 0 Å². The molecule has 3 atom stereocenters. The number of rotatable bonds is 3. The second-order valence-electron chi connectivity index (χ2n) is 5.33. The molecule has 2 rings (SSSR count). The smallest absolute Gasteiger partial charge is 0.131 e. The van der Waals surface area contributed by atoms with Gasteiger partial charge in [-0.05, 0) is 38.8 Å². The maximum absolute atomic E-state index is 5.91. The number of nitrogens with zero attached hydrogens (tertiary/aromatic N) is 2. The maximum Gasteiger partial charge on any atom is 0.131 e. The van der Waals surface area contributed by atoms with Crippen molar-refractivity contribution in [2.45, 2.75) is 45.4 Å². The lowest BCUT2D eigenvalue weighted by Crippen LogP contribution is -2.46. The van der Waals surface area contributed by atoms with Crippen molar-refractivity contribution in [1.82, 2.24) is 4.98 Å². The molecule has 0 aromatic carbocycles. The number of hydrogen-bond donors (Lipinski definition) is 1. The summed E-state index contributed by atoms with van der Waals surface area (Å²) in [5.41, 5.74) is 7.14. The molecule has 1 aromatic heterocycles. The lowest BCUT2D eigenvalue weighted by Gasteiger charge is -2.37. The monoisotopic (exact) mass is 249 g/mol. The summed E-state index contributed by atoms with van der Waals surface area (Å²) < 4.78 is 5.76. The minimum atomic E-state index is 0.156. The molecule has 1 aliphatic heterocycles. The summed E-state index contributed by atoms with van der Waals surface area (Å²) in [7, 11) is 0. The van der Waals surface area contributed by atoms with Gasteiger partial charge < -0.3 is 15.4 Å². The normalized spacial score (nSPS) is 26.1. The highest BCUT2D eigenvalue weighted by Crippen LogP contribution is 2.22. The average Bonchev–Trinajstić information content (AvgIpc) is 2.27. The van der Waals surface area contributed by atoms with Gasteiger partial charge >= 0.3 is 0 Å². The SMILES string of the molecule is CC(N)Cc1cccnc1N1C[C@@H](C)O[C@@H](C)C1. The summed E-state index contributed by atoms with van der Waals surface area (Å²) in [5, 5.41) is 0. The van der Waals surface area contributed by atoms with Gasteiger partial charge in [-0.15, -0.1) is 0 Å². The lowest BCUT2D eigenvalue weighted by molar-refractivity contribution is -0.00550. The Balaban J connectivity index is 2.21. The average molecular weight is 249 g/mol. The van der Waals surface area contributed by atoms with Crippen LogP contribution in [0, 0.1) is 0 Å². The van der Waals surface area contributed by atoms with Crippen LogP contribution in [0.5, 0.6) is 0 Å². The van der Waals surface area contributed by atoms with Crippen LogP contribution in [0.1, 0.15) is 26.3 Å². The van der Waals surface area contributed by atoms with Gasteiger partial charge in [0.15, 0.2) is 0 Å². The van der Waals surface area contributed by atoms with E-state index in [4.69, 9.17) is 10.5 Å². The largest absolute Gasteiger partial charge is 0.372 e. The molecule has 1 saturated heterocycles. The molecule has 0 spiro atoms. The van der Waals surface area contributed by atoms with E-state index in [9.17, 15) is 0 Å². The van der Waals surface area contributed by atoms with Crippen LogP contribution in [0.3, 0.4) is 0 Å². The van der Waals surface area contributed by atoms with Crippen molar-refractivity contribution in [2.75, 3.05) is 18.0 Å². The number of morpholine rings is 1. The molecule has 4 heteroatoms. The second kappa shape index (κ2) is 5.67. The molecule has 0 radical (unpaired) electrons. The maximum atomic E-state index is 5.91. The molecule has 100 valence electrons. The fourth-order valence-electron chi connectivity index (χ4n) is 2.57. The van der Waals surface area contributed by atoms with Gasteiger partial charge in [0.05, 0.1) is 12.2 Å². The highest BCUT2D eigenvalue weighted by atomic mass is 16.5. The van der Waals surface area contributed by atoms with Crippen molar-refractivity contribution < 1.29 is 4.74 Å². The summed E-state index contributed by atoms with van der Waals surface area (Å²) in [5.74, 6) is 1.07. The zero-order valence-corrected chi connectivity index (χ0v) is 11.5. The molecule has 18 heavy (non-hydrogen) atoms. The predicted molar refractivity (Wildman–Crippen MR) is 73.8 cm³/mol. The predicted octanol–water partition coefficient (Wildman–Crippen LogP) is 1.58. The molecule has 1 aromatic rings. The van der Waals surface area contributed by atoms with E-state index in [2.05, 4.69) is 29.8 Å². The van der Waals surface area contributed by atoms with E-state index in [0.717, 1.165) is 25.3 Å². The number of anilines is 1. The summed E-state index contributed by atoms with van der Waals surface area (Å²) in [6.45, 7) is 8.04. The first kappa shape index (κ1) is 13.3. The molecule has 1 aliphatic rings. The Labute approximate surface area is 109 Å². The minimum absolute atomic E-state index is 0.156. The quantitative estimate of drug-likeness (QED) is 0.883. The molecule has 0 aliphatic carbocycles. The van der Waals surface area contributed by atoms with E-state index in [1.54, 1.807) is 0 Å². The van der Waals surface area contributed by atoms with E-state index >= 15 is 0 Å². The fraction of sp³-hybridized carbons (Fsp3) is 0.643. The van der Waals surface area contributed by atoms with Crippen LogP contribution in [0.2, 0.25) is 0 Å². The van der Waals surface area contributed by atoms with Crippen molar-refractivity contribution in [3.8, 4) is 0 Å². The highest BCUT2D eigenvalue weighted by molar-refractivity contribution is 5.47. The Kier molecular flexibility index (Phi) is 4.19. The lowest BCUT2D eigenvalue weighted by atomic mass is 10.1. The summed E-state index contributed by atoms with van der Waals surface area (Å²) in [4.78, 5) is 6.86. The van der Waals surface area contributed by atoms with Crippen LogP contribution in [0.25, 0.3) is 0 Å². The van der Waals surface area contributed by atoms with Crippen LogP contribution < -0.4 is 10.6 Å². The molecule has 0 bridgehead atoms. The third kappa shape index (κ3) is 3.21. The highest BCUT2D eigenvalue weighted by Gasteiger charge is 2.24. The van der Waals surface area contributed by atoms with Gasteiger partial charge in [0.2, 0.25) is 0 Å². The van der Waals surface area contributed by atoms with E-state index < -0.39 is 0 Å². The van der Waals surface area contributed by atoms with Crippen LogP contribution in [0.4, 0.5) is 5.82 Å². The Morgan fingerprint density at radius 3 is 2.72 bits per heavy atom. The molecular formula is C14H23N3O. The van der Waals surface area contributed by atoms with Crippen LogP contribution in [-0.4, -0.2) is 36.3 Å². The van der Waals surface area contributed by atoms with E-state index in [1.165, 1.54) is 5.56 Å². The Hall–Kier alpha value is -1.13. The van der Waals surface area contributed by atoms with Gasteiger partial charge in [0.1, 0.15) is 5.82 Å². The minimum Gasteiger partial charge on any atom is -0.372 e. The third-order valence-corrected chi connectivity index (χ3v) is 3.13. The first-order valence-corrected chi connectivity index (χ1v) is 6.66. The molecule has 1 fully saturated rings. The van der Waals surface area contributed by atoms with E-state index in [0.29, 0.717) is 0 Å². The third-order valence-electron chi connectivity index (χ3n) is 3.13. The van der Waals surface area contributed by atoms with Crippen LogP contribution in [0.15, 0.2) is 18.3 Å². The number of hydrogen-bond acceptors (Lipinski definition) is 4. The first-order chi connectivity index (χ1) is 8.56. The van der Waals surface area contributed by atoms with Crippen LogP contribution >= 0.6 is 0 Å².